The van der Waals surface area contributed by atoms with Gasteiger partial charge in [-0.3, -0.25) is 18.9 Å². The second kappa shape index (κ2) is 9.30. The highest BCUT2D eigenvalue weighted by Gasteiger charge is 2.87. The highest BCUT2D eigenvalue weighted by molar-refractivity contribution is 7.80. The molecule has 1 spiro atoms. The van der Waals surface area contributed by atoms with Crippen LogP contribution in [0.2, 0.25) is 0 Å². The minimum Gasteiger partial charge on any atom is -0.465 e. The van der Waals surface area contributed by atoms with E-state index in [9.17, 15) is 27.4 Å². The molecule has 37 heavy (non-hydrogen) atoms. The number of hydrogen-bond acceptors (Lipinski definition) is 11. The fourth-order valence-electron chi connectivity index (χ4n) is 6.47. The van der Waals surface area contributed by atoms with Gasteiger partial charge in [-0.15, -0.1) is 0 Å². The van der Waals surface area contributed by atoms with Gasteiger partial charge < -0.3 is 23.7 Å². The van der Waals surface area contributed by atoms with Crippen molar-refractivity contribution in [2.75, 3.05) is 13.2 Å². The number of hydrogen-bond donors (Lipinski definition) is 1. The van der Waals surface area contributed by atoms with Crippen LogP contribution in [0.5, 0.6) is 0 Å². The fraction of sp³-hybridized carbons (Fsp3) is 0.792. The lowest BCUT2D eigenvalue weighted by Crippen LogP contribution is -2.68. The second-order valence-corrected chi connectivity index (χ2v) is 12.1. The van der Waals surface area contributed by atoms with Crippen molar-refractivity contribution < 1.29 is 55.2 Å². The fourth-order valence-corrected chi connectivity index (χ4v) is 6.96. The molecule has 2 aliphatic carbocycles. The lowest BCUT2D eigenvalue weighted by Gasteiger charge is -2.58. The van der Waals surface area contributed by atoms with Crippen molar-refractivity contribution in [3.63, 3.8) is 0 Å². The molecule has 1 saturated carbocycles. The van der Waals surface area contributed by atoms with Crippen LogP contribution in [0, 0.1) is 16.7 Å². The summed E-state index contributed by atoms with van der Waals surface area (Å²) in [6.07, 6.45) is -3.18. The first kappa shape index (κ1) is 28.0. The van der Waals surface area contributed by atoms with Gasteiger partial charge in [0.1, 0.15) is 36.6 Å². The van der Waals surface area contributed by atoms with Crippen molar-refractivity contribution >= 4 is 28.3 Å². The predicted molar refractivity (Wildman–Crippen MR) is 124 cm³/mol. The van der Waals surface area contributed by atoms with Crippen LogP contribution in [-0.2, 0) is 52.7 Å². The lowest BCUT2D eigenvalue weighted by atomic mass is 9.51. The van der Waals surface area contributed by atoms with Gasteiger partial charge >= 0.3 is 28.3 Å². The van der Waals surface area contributed by atoms with E-state index in [1.807, 2.05) is 13.8 Å². The zero-order chi connectivity index (χ0) is 27.6. The molecule has 0 aromatic rings. The summed E-state index contributed by atoms with van der Waals surface area (Å²) in [6, 6.07) is 0. The monoisotopic (exact) mass is 546 g/mol. The Morgan fingerprint density at radius 2 is 1.84 bits per heavy atom. The summed E-state index contributed by atoms with van der Waals surface area (Å²) < 4.78 is 67.6. The Morgan fingerprint density at radius 3 is 2.35 bits per heavy atom. The topological polar surface area (TPSA) is 164 Å². The van der Waals surface area contributed by atoms with Gasteiger partial charge in [0, 0.05) is 26.7 Å². The molecule has 3 fully saturated rings. The van der Waals surface area contributed by atoms with Crippen LogP contribution in [0.25, 0.3) is 0 Å². The van der Waals surface area contributed by atoms with E-state index >= 15 is 0 Å². The minimum absolute atomic E-state index is 0.0732. The van der Waals surface area contributed by atoms with Gasteiger partial charge in [0.15, 0.2) is 0 Å². The largest absolute Gasteiger partial charge is 0.465 e. The number of fused-ring (bicyclic) bond motifs is 2. The number of esters is 3. The molecule has 208 valence electrons. The smallest absolute Gasteiger partial charge is 0.397 e. The molecule has 4 aliphatic rings. The average Bonchev–Trinajstić information content (AvgIpc) is 3.52. The summed E-state index contributed by atoms with van der Waals surface area (Å²) in [4.78, 5) is 36.8. The molecule has 2 saturated heterocycles. The molecule has 0 aromatic carbocycles. The summed E-state index contributed by atoms with van der Waals surface area (Å²) in [5.74, 6) is -1.62. The zero-order valence-corrected chi connectivity index (χ0v) is 22.5. The molecular weight excluding hydrogens is 512 g/mol. The van der Waals surface area contributed by atoms with Gasteiger partial charge in [0.05, 0.1) is 23.5 Å². The molecular formula is C24H34O12S. The first-order valence-electron chi connectivity index (χ1n) is 12.2. The molecule has 2 heterocycles. The van der Waals surface area contributed by atoms with E-state index in [4.69, 9.17) is 27.9 Å². The Kier molecular flexibility index (Phi) is 7.03. The molecule has 2 aliphatic heterocycles. The SMILES string of the molecule is CC(=O)OC[C@]12C[C@H](OC(=O)CC(C)C)C(C)=C[C@H]1O[C@@H]1[C@H](OS(=O)(=O)O)[C@@H](OC(C)=O)[C@@]2(C)[C@]12CO2. The summed E-state index contributed by atoms with van der Waals surface area (Å²) in [6.45, 7) is 9.62. The van der Waals surface area contributed by atoms with E-state index in [0.29, 0.717) is 5.57 Å². The molecule has 12 nitrogen and oxygen atoms in total. The highest BCUT2D eigenvalue weighted by Crippen LogP contribution is 2.72. The number of epoxide rings is 1. The standard InChI is InChI=1S/C24H34O12S/c1-12(2)7-18(27)34-16-9-23(10-31-14(4)25)17(8-13(16)3)35-21-19(36-37(28,29)30)20(33-15(5)26)22(23,6)24(21)11-32-24/h8,12,16-17,19-21H,7,9-11H2,1-6H3,(H,28,29,30)/t16-,17+,19+,20+,21+,22+,23+,24-/m0/s1. The average molecular weight is 547 g/mol. The van der Waals surface area contributed by atoms with Crippen molar-refractivity contribution in [3.8, 4) is 0 Å². The van der Waals surface area contributed by atoms with Crippen LogP contribution in [0.4, 0.5) is 0 Å². The second-order valence-electron chi connectivity index (χ2n) is 11.0. The van der Waals surface area contributed by atoms with Crippen LogP contribution < -0.4 is 0 Å². The third-order valence-electron chi connectivity index (χ3n) is 8.21. The van der Waals surface area contributed by atoms with Gasteiger partial charge in [-0.1, -0.05) is 26.8 Å². The van der Waals surface area contributed by atoms with Crippen LogP contribution in [-0.4, -0.2) is 80.2 Å². The predicted octanol–water partition coefficient (Wildman–Crippen LogP) is 1.52. The first-order valence-corrected chi connectivity index (χ1v) is 13.6. The van der Waals surface area contributed by atoms with Crippen LogP contribution in [0.15, 0.2) is 11.6 Å². The van der Waals surface area contributed by atoms with E-state index in [-0.39, 0.29) is 32.0 Å². The maximum absolute atomic E-state index is 12.6. The third-order valence-corrected chi connectivity index (χ3v) is 8.68. The van der Waals surface area contributed by atoms with E-state index in [2.05, 4.69) is 0 Å². The maximum atomic E-state index is 12.6. The summed E-state index contributed by atoms with van der Waals surface area (Å²) in [5.41, 5.74) is -2.91. The number of carbonyl (C=O) groups is 3. The van der Waals surface area contributed by atoms with Gasteiger partial charge in [-0.25, -0.2) is 4.18 Å². The molecule has 2 bridgehead atoms. The molecule has 8 atom stereocenters. The van der Waals surface area contributed by atoms with Crippen LogP contribution in [0.1, 0.15) is 54.4 Å². The molecule has 1 N–H and O–H groups in total. The van der Waals surface area contributed by atoms with Gasteiger partial charge in [0.25, 0.3) is 0 Å². The van der Waals surface area contributed by atoms with Gasteiger partial charge in [-0.05, 0) is 18.4 Å². The van der Waals surface area contributed by atoms with E-state index in [0.717, 1.165) is 6.92 Å². The van der Waals surface area contributed by atoms with E-state index in [1.54, 1.807) is 19.9 Å². The van der Waals surface area contributed by atoms with Crippen LogP contribution in [0.3, 0.4) is 0 Å². The van der Waals surface area contributed by atoms with E-state index in [1.165, 1.54) is 6.92 Å². The Bertz CT molecular complexity index is 1110. The molecule has 4 rings (SSSR count). The zero-order valence-electron chi connectivity index (χ0n) is 21.7. The summed E-state index contributed by atoms with van der Waals surface area (Å²) in [7, 11) is -4.99. The quantitative estimate of drug-likeness (QED) is 0.154. The number of ether oxygens (including phenoxy) is 5. The normalized spacial score (nSPS) is 40.1. The van der Waals surface area contributed by atoms with Crippen molar-refractivity contribution in [2.45, 2.75) is 90.5 Å². The maximum Gasteiger partial charge on any atom is 0.397 e. The Hall–Kier alpha value is -2.06. The summed E-state index contributed by atoms with van der Waals surface area (Å²) in [5, 5.41) is 0. The molecule has 0 amide bonds. The third kappa shape index (κ3) is 4.58. The minimum atomic E-state index is -4.99. The summed E-state index contributed by atoms with van der Waals surface area (Å²) >= 11 is 0. The Morgan fingerprint density at radius 1 is 1.19 bits per heavy atom. The lowest BCUT2D eigenvalue weighted by molar-refractivity contribution is -0.241. The highest BCUT2D eigenvalue weighted by atomic mass is 32.3. The first-order chi connectivity index (χ1) is 17.1. The van der Waals surface area contributed by atoms with Crippen molar-refractivity contribution in [1.29, 1.82) is 0 Å². The molecule has 13 heteroatoms. The van der Waals surface area contributed by atoms with Gasteiger partial charge in [0.2, 0.25) is 0 Å². The number of carbonyl (C=O) groups excluding carboxylic acids is 3. The molecule has 0 aromatic heterocycles. The van der Waals surface area contributed by atoms with Crippen molar-refractivity contribution in [2.24, 2.45) is 16.7 Å². The van der Waals surface area contributed by atoms with Crippen LogP contribution >= 0.6 is 0 Å². The van der Waals surface area contributed by atoms with Crippen molar-refractivity contribution in [1.82, 2.24) is 0 Å². The Labute approximate surface area is 215 Å². The van der Waals surface area contributed by atoms with Gasteiger partial charge in [-0.2, -0.15) is 8.42 Å². The molecule has 0 unspecified atom stereocenters. The van der Waals surface area contributed by atoms with E-state index < -0.39 is 75.3 Å². The van der Waals surface area contributed by atoms with Crippen molar-refractivity contribution in [3.05, 3.63) is 11.6 Å². The number of rotatable bonds is 8. The Balaban J connectivity index is 1.85. The molecule has 0 radical (unpaired) electrons.